The maximum Gasteiger partial charge on any atom is 0.250 e. The second-order valence-corrected chi connectivity index (χ2v) is 7.51. The summed E-state index contributed by atoms with van der Waals surface area (Å²) in [6.07, 6.45) is 0. The number of hydrazine groups is 1. The summed E-state index contributed by atoms with van der Waals surface area (Å²) in [5, 5.41) is 1.23. The predicted octanol–water partition coefficient (Wildman–Crippen LogP) is 1.40. The molecule has 2 aromatic carbocycles. The molecule has 0 aliphatic carbocycles. The molecule has 7 nitrogen and oxygen atoms in total. The van der Waals surface area contributed by atoms with E-state index in [0.29, 0.717) is 0 Å². The van der Waals surface area contributed by atoms with Crippen molar-refractivity contribution in [1.29, 1.82) is 0 Å². The fourth-order valence-electron chi connectivity index (χ4n) is 2.55. The van der Waals surface area contributed by atoms with Crippen molar-refractivity contribution in [3.8, 4) is 0 Å². The molecule has 1 aliphatic heterocycles. The van der Waals surface area contributed by atoms with Crippen molar-refractivity contribution < 1.29 is 22.0 Å². The highest BCUT2D eigenvalue weighted by Crippen LogP contribution is 2.20. The molecule has 2 aromatic rings. The molecule has 2 unspecified atom stereocenters. The van der Waals surface area contributed by atoms with Crippen LogP contribution in [0.2, 0.25) is 0 Å². The molecule has 10 heteroatoms. The molecule has 0 aromatic heterocycles. The molecular weight excluding hydrogens is 366 g/mol. The van der Waals surface area contributed by atoms with Gasteiger partial charge >= 0.3 is 0 Å². The molecule has 1 heterocycles. The first-order chi connectivity index (χ1) is 12.3. The zero-order valence-electron chi connectivity index (χ0n) is 13.4. The molecule has 1 fully saturated rings. The number of carbonyl (C=O) groups excluding carboxylic acids is 1. The van der Waals surface area contributed by atoms with E-state index in [-0.39, 0.29) is 17.9 Å². The van der Waals surface area contributed by atoms with E-state index in [1.807, 2.05) is 0 Å². The highest BCUT2D eigenvalue weighted by Gasteiger charge is 2.41. The van der Waals surface area contributed by atoms with Crippen LogP contribution < -0.4 is 20.9 Å². The van der Waals surface area contributed by atoms with E-state index in [9.17, 15) is 22.0 Å². The Morgan fingerprint density at radius 3 is 2.46 bits per heavy atom. The molecule has 1 saturated heterocycles. The van der Waals surface area contributed by atoms with Gasteiger partial charge in [0.05, 0.1) is 5.92 Å². The van der Waals surface area contributed by atoms with Gasteiger partial charge in [-0.3, -0.25) is 14.9 Å². The summed E-state index contributed by atoms with van der Waals surface area (Å²) in [5.41, 5.74) is 5.58. The van der Waals surface area contributed by atoms with Crippen LogP contribution in [0.4, 0.5) is 20.2 Å². The number of carbonyl (C=O) groups is 1. The van der Waals surface area contributed by atoms with Gasteiger partial charge in [-0.25, -0.2) is 22.6 Å². The van der Waals surface area contributed by atoms with Crippen molar-refractivity contribution in [2.75, 3.05) is 16.6 Å². The zero-order valence-corrected chi connectivity index (χ0v) is 14.2. The van der Waals surface area contributed by atoms with Crippen LogP contribution >= 0.6 is 0 Å². The number of hydrogen-bond acceptors (Lipinski definition) is 5. The average molecular weight is 382 g/mol. The Bertz CT molecular complexity index is 906. The number of halogens is 2. The average Bonchev–Trinajstić information content (AvgIpc) is 3.08. The topological polar surface area (TPSA) is 99.3 Å². The van der Waals surface area contributed by atoms with Gasteiger partial charge in [0.1, 0.15) is 11.6 Å². The minimum Gasteiger partial charge on any atom is -0.326 e. The molecule has 0 spiro atoms. The SMILES string of the molecule is O=C(Nc1cccc(F)c1)C1CNNC1S(=O)(=O)Nc1ccc(F)cc1. The Hall–Kier alpha value is -2.56. The monoisotopic (exact) mass is 382 g/mol. The first kappa shape index (κ1) is 18.2. The number of benzene rings is 2. The van der Waals surface area contributed by atoms with Crippen LogP contribution in [0.3, 0.4) is 0 Å². The van der Waals surface area contributed by atoms with E-state index in [0.717, 1.165) is 18.2 Å². The van der Waals surface area contributed by atoms with E-state index in [1.54, 1.807) is 0 Å². The van der Waals surface area contributed by atoms with Gasteiger partial charge in [0.15, 0.2) is 5.37 Å². The summed E-state index contributed by atoms with van der Waals surface area (Å²) in [5.74, 6) is -2.56. The lowest BCUT2D eigenvalue weighted by molar-refractivity contribution is -0.119. The lowest BCUT2D eigenvalue weighted by atomic mass is 10.1. The van der Waals surface area contributed by atoms with Gasteiger partial charge in [0, 0.05) is 17.9 Å². The van der Waals surface area contributed by atoms with Crippen molar-refractivity contribution >= 4 is 27.3 Å². The molecule has 0 bridgehead atoms. The van der Waals surface area contributed by atoms with Gasteiger partial charge in [-0.2, -0.15) is 0 Å². The Morgan fingerprint density at radius 1 is 1.04 bits per heavy atom. The molecule has 3 rings (SSSR count). The molecule has 26 heavy (non-hydrogen) atoms. The zero-order chi connectivity index (χ0) is 18.7. The van der Waals surface area contributed by atoms with Crippen molar-refractivity contribution in [3.05, 3.63) is 60.2 Å². The summed E-state index contributed by atoms with van der Waals surface area (Å²) in [4.78, 5) is 12.4. The predicted molar refractivity (Wildman–Crippen MR) is 92.4 cm³/mol. The summed E-state index contributed by atoms with van der Waals surface area (Å²) < 4.78 is 53.6. The van der Waals surface area contributed by atoms with Crippen LogP contribution in [0.15, 0.2) is 48.5 Å². The largest absolute Gasteiger partial charge is 0.326 e. The van der Waals surface area contributed by atoms with Gasteiger partial charge in [0.2, 0.25) is 5.91 Å². The van der Waals surface area contributed by atoms with Crippen LogP contribution in [0.25, 0.3) is 0 Å². The molecule has 1 amide bonds. The Kier molecular flexibility index (Phi) is 5.16. The molecule has 0 saturated carbocycles. The maximum absolute atomic E-state index is 13.2. The summed E-state index contributed by atoms with van der Waals surface area (Å²) in [7, 11) is -4.00. The van der Waals surface area contributed by atoms with E-state index in [2.05, 4.69) is 20.9 Å². The standard InChI is InChI=1S/C16H16F2N4O3S/c17-10-4-6-12(7-5-10)22-26(24,25)16-14(9-19-21-16)15(23)20-13-3-1-2-11(18)8-13/h1-8,14,16,19,21-22H,9H2,(H,20,23). The van der Waals surface area contributed by atoms with Crippen molar-refractivity contribution in [2.24, 2.45) is 5.92 Å². The summed E-state index contributed by atoms with van der Waals surface area (Å²) in [6.45, 7) is 0.0656. The van der Waals surface area contributed by atoms with Gasteiger partial charge < -0.3 is 5.32 Å². The lowest BCUT2D eigenvalue weighted by Gasteiger charge is -2.19. The van der Waals surface area contributed by atoms with Crippen molar-refractivity contribution in [1.82, 2.24) is 10.9 Å². The third-order valence-corrected chi connectivity index (χ3v) is 5.43. The van der Waals surface area contributed by atoms with E-state index in [4.69, 9.17) is 0 Å². The molecular formula is C16H16F2N4O3S. The quantitative estimate of drug-likeness (QED) is 0.627. The van der Waals surface area contributed by atoms with Crippen molar-refractivity contribution in [3.63, 3.8) is 0 Å². The normalized spacial score (nSPS) is 19.9. The second-order valence-electron chi connectivity index (χ2n) is 5.71. The number of amides is 1. The molecule has 0 radical (unpaired) electrons. The van der Waals surface area contributed by atoms with E-state index >= 15 is 0 Å². The van der Waals surface area contributed by atoms with Crippen LogP contribution in [-0.2, 0) is 14.8 Å². The highest BCUT2D eigenvalue weighted by molar-refractivity contribution is 7.93. The number of nitrogens with one attached hydrogen (secondary N) is 4. The Morgan fingerprint density at radius 2 is 1.77 bits per heavy atom. The fourth-order valence-corrected chi connectivity index (χ4v) is 4.03. The third-order valence-electron chi connectivity index (χ3n) is 3.80. The highest BCUT2D eigenvalue weighted by atomic mass is 32.2. The maximum atomic E-state index is 13.2. The van der Waals surface area contributed by atoms with Crippen LogP contribution in [0.1, 0.15) is 0 Å². The number of sulfonamides is 1. The Labute approximate surface area is 148 Å². The second kappa shape index (κ2) is 7.36. The third kappa shape index (κ3) is 4.15. The number of rotatable bonds is 5. The smallest absolute Gasteiger partial charge is 0.250 e. The van der Waals surface area contributed by atoms with Crippen molar-refractivity contribution in [2.45, 2.75) is 5.37 Å². The van der Waals surface area contributed by atoms with Gasteiger partial charge in [-0.1, -0.05) is 6.07 Å². The molecule has 138 valence electrons. The lowest BCUT2D eigenvalue weighted by Crippen LogP contribution is -2.45. The van der Waals surface area contributed by atoms with Crippen LogP contribution in [0.5, 0.6) is 0 Å². The van der Waals surface area contributed by atoms with Gasteiger partial charge in [-0.05, 0) is 42.5 Å². The Balaban J connectivity index is 1.74. The first-order valence-corrected chi connectivity index (χ1v) is 9.22. The summed E-state index contributed by atoms with van der Waals surface area (Å²) in [6, 6.07) is 10.1. The molecule has 4 N–H and O–H groups in total. The first-order valence-electron chi connectivity index (χ1n) is 7.67. The fraction of sp³-hybridized carbons (Fsp3) is 0.188. The minimum atomic E-state index is -4.00. The van der Waals surface area contributed by atoms with Crippen LogP contribution in [0, 0.1) is 17.6 Å². The van der Waals surface area contributed by atoms with E-state index in [1.165, 1.54) is 30.3 Å². The number of anilines is 2. The van der Waals surface area contributed by atoms with Crippen LogP contribution in [-0.4, -0.2) is 26.2 Å². The molecule has 2 atom stereocenters. The number of hydrogen-bond donors (Lipinski definition) is 4. The van der Waals surface area contributed by atoms with E-state index < -0.39 is 38.9 Å². The minimum absolute atomic E-state index is 0.0656. The van der Waals surface area contributed by atoms with Gasteiger partial charge in [0.25, 0.3) is 10.0 Å². The summed E-state index contributed by atoms with van der Waals surface area (Å²) >= 11 is 0. The molecule has 1 aliphatic rings. The van der Waals surface area contributed by atoms with Gasteiger partial charge in [-0.15, -0.1) is 0 Å².